The minimum absolute atomic E-state index is 0. The van der Waals surface area contributed by atoms with Crippen LogP contribution in [0, 0.1) is 0 Å². The van der Waals surface area contributed by atoms with Crippen molar-refractivity contribution in [3.8, 4) is 17.4 Å². The summed E-state index contributed by atoms with van der Waals surface area (Å²) in [5.74, 6) is 1.67. The molecular formula is C20H22ClN5O3. The van der Waals surface area contributed by atoms with Crippen molar-refractivity contribution < 1.29 is 14.3 Å². The number of ether oxygens (including phenoxy) is 2. The van der Waals surface area contributed by atoms with Crippen molar-refractivity contribution in [2.75, 3.05) is 13.7 Å². The lowest BCUT2D eigenvalue weighted by Crippen LogP contribution is -2.28. The van der Waals surface area contributed by atoms with Crippen LogP contribution in [-0.2, 0) is 19.5 Å². The van der Waals surface area contributed by atoms with Crippen LogP contribution in [-0.4, -0.2) is 34.7 Å². The van der Waals surface area contributed by atoms with Gasteiger partial charge < -0.3 is 20.1 Å². The Kier molecular flexibility index (Phi) is 6.69. The fourth-order valence-corrected chi connectivity index (χ4v) is 3.06. The van der Waals surface area contributed by atoms with Gasteiger partial charge in [-0.3, -0.25) is 9.89 Å². The molecular weight excluding hydrogens is 394 g/mol. The lowest BCUT2D eigenvalue weighted by atomic mass is 10.1. The van der Waals surface area contributed by atoms with Gasteiger partial charge in [0.15, 0.2) is 5.69 Å². The van der Waals surface area contributed by atoms with Crippen LogP contribution in [0.2, 0.25) is 0 Å². The van der Waals surface area contributed by atoms with Crippen molar-refractivity contribution in [2.45, 2.75) is 19.5 Å². The van der Waals surface area contributed by atoms with E-state index in [0.717, 1.165) is 35.5 Å². The average Bonchev–Trinajstić information content (AvgIpc) is 3.17. The van der Waals surface area contributed by atoms with Gasteiger partial charge in [0, 0.05) is 49.6 Å². The zero-order valence-corrected chi connectivity index (χ0v) is 16.7. The number of nitrogens with one attached hydrogen (secondary N) is 3. The third-order valence-corrected chi connectivity index (χ3v) is 4.56. The van der Waals surface area contributed by atoms with Gasteiger partial charge in [-0.2, -0.15) is 5.10 Å². The number of hydrogen-bond acceptors (Lipinski definition) is 6. The minimum atomic E-state index is -0.198. The third kappa shape index (κ3) is 4.85. The Morgan fingerprint density at radius 3 is 2.79 bits per heavy atom. The number of nitrogens with zero attached hydrogens (tertiary/aromatic N) is 2. The molecule has 3 N–H and O–H groups in total. The smallest absolute Gasteiger partial charge is 0.272 e. The summed E-state index contributed by atoms with van der Waals surface area (Å²) in [6.07, 6.45) is 2.51. The number of aromatic amines is 1. The number of H-pyrrole nitrogens is 1. The fourth-order valence-electron chi connectivity index (χ4n) is 3.06. The Labute approximate surface area is 174 Å². The van der Waals surface area contributed by atoms with Gasteiger partial charge in [0.2, 0.25) is 5.88 Å². The van der Waals surface area contributed by atoms with Gasteiger partial charge in [0.25, 0.3) is 5.91 Å². The lowest BCUT2D eigenvalue weighted by molar-refractivity contribution is 0.0944. The summed E-state index contributed by atoms with van der Waals surface area (Å²) in [5, 5.41) is 13.3. The maximum atomic E-state index is 12.5. The molecule has 0 unspecified atom stereocenters. The predicted octanol–water partition coefficient (Wildman–Crippen LogP) is 2.60. The topological polar surface area (TPSA) is 101 Å². The van der Waals surface area contributed by atoms with E-state index in [1.807, 2.05) is 30.3 Å². The molecule has 152 valence electrons. The normalized spacial score (nSPS) is 12.4. The monoisotopic (exact) mass is 415 g/mol. The zero-order valence-electron chi connectivity index (χ0n) is 15.9. The molecule has 0 spiro atoms. The number of halogens is 1. The van der Waals surface area contributed by atoms with Crippen molar-refractivity contribution in [3.05, 3.63) is 65.1 Å². The Morgan fingerprint density at radius 1 is 1.21 bits per heavy atom. The molecule has 0 bridgehead atoms. The number of methoxy groups -OCH3 is 1. The summed E-state index contributed by atoms with van der Waals surface area (Å²) in [5.41, 5.74) is 3.31. The second kappa shape index (κ2) is 9.40. The summed E-state index contributed by atoms with van der Waals surface area (Å²) in [6.45, 7) is 1.91. The molecule has 0 atom stereocenters. The van der Waals surface area contributed by atoms with Gasteiger partial charge in [-0.25, -0.2) is 4.98 Å². The molecule has 0 fully saturated rings. The minimum Gasteiger partial charge on any atom is -0.497 e. The number of pyridine rings is 1. The van der Waals surface area contributed by atoms with Crippen molar-refractivity contribution in [2.24, 2.45) is 0 Å². The second-order valence-corrected chi connectivity index (χ2v) is 6.42. The van der Waals surface area contributed by atoms with E-state index in [2.05, 4.69) is 25.8 Å². The molecule has 29 heavy (non-hydrogen) atoms. The molecule has 3 aromatic rings. The number of carbonyl (C=O) groups is 1. The van der Waals surface area contributed by atoms with Gasteiger partial charge in [0.1, 0.15) is 11.5 Å². The molecule has 9 heteroatoms. The summed E-state index contributed by atoms with van der Waals surface area (Å²) in [6, 6.07) is 10.9. The molecule has 1 amide bonds. The van der Waals surface area contributed by atoms with Crippen LogP contribution in [0.15, 0.2) is 42.6 Å². The molecule has 4 rings (SSSR count). The first kappa shape index (κ1) is 20.6. The summed E-state index contributed by atoms with van der Waals surface area (Å²) in [7, 11) is 1.62. The van der Waals surface area contributed by atoms with Crippen molar-refractivity contribution >= 4 is 18.3 Å². The SMILES string of the molecule is COc1ccc(Oc2cc(CNC(=O)c3n[nH]c4c3CNCC4)ccn2)cc1.Cl. The lowest BCUT2D eigenvalue weighted by Gasteiger charge is -2.13. The van der Waals surface area contributed by atoms with E-state index >= 15 is 0 Å². The van der Waals surface area contributed by atoms with E-state index < -0.39 is 0 Å². The number of benzene rings is 1. The Morgan fingerprint density at radius 2 is 2.00 bits per heavy atom. The highest BCUT2D eigenvalue weighted by Gasteiger charge is 2.21. The highest BCUT2D eigenvalue weighted by atomic mass is 35.5. The summed E-state index contributed by atoms with van der Waals surface area (Å²) >= 11 is 0. The largest absolute Gasteiger partial charge is 0.497 e. The van der Waals surface area contributed by atoms with E-state index in [1.165, 1.54) is 0 Å². The molecule has 2 aromatic heterocycles. The predicted molar refractivity (Wildman–Crippen MR) is 110 cm³/mol. The van der Waals surface area contributed by atoms with Gasteiger partial charge in [0.05, 0.1) is 7.11 Å². The zero-order chi connectivity index (χ0) is 19.3. The van der Waals surface area contributed by atoms with Crippen molar-refractivity contribution in [1.82, 2.24) is 25.8 Å². The highest BCUT2D eigenvalue weighted by molar-refractivity contribution is 5.94. The van der Waals surface area contributed by atoms with Crippen LogP contribution in [0.4, 0.5) is 0 Å². The van der Waals surface area contributed by atoms with E-state index in [1.54, 1.807) is 19.4 Å². The standard InChI is InChI=1S/C20H21N5O3.ClH/c1-27-14-2-4-15(5-3-14)28-18-10-13(6-9-22-18)11-23-20(26)19-16-12-21-8-7-17(16)24-25-19;/h2-6,9-10,21H,7-8,11-12H2,1H3,(H,23,26)(H,24,25);1H. The first-order chi connectivity index (χ1) is 13.7. The molecule has 0 saturated carbocycles. The maximum Gasteiger partial charge on any atom is 0.272 e. The molecule has 0 saturated heterocycles. The number of rotatable bonds is 6. The molecule has 3 heterocycles. The van der Waals surface area contributed by atoms with Crippen LogP contribution >= 0.6 is 12.4 Å². The van der Waals surface area contributed by atoms with Crippen LogP contribution < -0.4 is 20.1 Å². The van der Waals surface area contributed by atoms with E-state index in [9.17, 15) is 4.79 Å². The highest BCUT2D eigenvalue weighted by Crippen LogP contribution is 2.23. The second-order valence-electron chi connectivity index (χ2n) is 6.42. The number of carbonyl (C=O) groups excluding carboxylic acids is 1. The molecule has 1 aliphatic heterocycles. The number of hydrogen-bond donors (Lipinski definition) is 3. The summed E-state index contributed by atoms with van der Waals surface area (Å²) in [4.78, 5) is 16.7. The first-order valence-electron chi connectivity index (χ1n) is 9.05. The van der Waals surface area contributed by atoms with Crippen LogP contribution in [0.25, 0.3) is 0 Å². The fraction of sp³-hybridized carbons (Fsp3) is 0.250. The van der Waals surface area contributed by atoms with Gasteiger partial charge in [-0.1, -0.05) is 0 Å². The quantitative estimate of drug-likeness (QED) is 0.572. The number of fused-ring (bicyclic) bond motifs is 1. The van der Waals surface area contributed by atoms with Gasteiger partial charge in [-0.15, -0.1) is 12.4 Å². The molecule has 8 nitrogen and oxygen atoms in total. The Balaban J connectivity index is 0.00000240. The summed E-state index contributed by atoms with van der Waals surface area (Å²) < 4.78 is 10.9. The van der Waals surface area contributed by atoms with Gasteiger partial charge >= 0.3 is 0 Å². The van der Waals surface area contributed by atoms with E-state index in [4.69, 9.17) is 9.47 Å². The van der Waals surface area contributed by atoms with Gasteiger partial charge in [-0.05, 0) is 35.9 Å². The number of aromatic nitrogens is 3. The number of amides is 1. The average molecular weight is 416 g/mol. The maximum absolute atomic E-state index is 12.5. The molecule has 1 aromatic carbocycles. The Hall–Kier alpha value is -3.10. The third-order valence-electron chi connectivity index (χ3n) is 4.56. The van der Waals surface area contributed by atoms with Crippen molar-refractivity contribution in [1.29, 1.82) is 0 Å². The van der Waals surface area contributed by atoms with Crippen LogP contribution in [0.5, 0.6) is 17.4 Å². The van der Waals surface area contributed by atoms with E-state index in [-0.39, 0.29) is 18.3 Å². The molecule has 0 radical (unpaired) electrons. The molecule has 1 aliphatic rings. The Bertz CT molecular complexity index is 975. The molecule has 0 aliphatic carbocycles. The van der Waals surface area contributed by atoms with Crippen LogP contribution in [0.3, 0.4) is 0 Å². The van der Waals surface area contributed by atoms with Crippen molar-refractivity contribution in [3.63, 3.8) is 0 Å². The first-order valence-corrected chi connectivity index (χ1v) is 9.05. The van der Waals surface area contributed by atoms with Crippen LogP contribution in [0.1, 0.15) is 27.3 Å². The van der Waals surface area contributed by atoms with E-state index in [0.29, 0.717) is 30.4 Å².